The molecule has 0 heterocycles. The fourth-order valence-corrected chi connectivity index (χ4v) is 3.03. The summed E-state index contributed by atoms with van der Waals surface area (Å²) in [6.45, 7) is 3.79. The van der Waals surface area contributed by atoms with Crippen LogP contribution in [0.1, 0.15) is 15.9 Å². The van der Waals surface area contributed by atoms with Gasteiger partial charge in [0.25, 0.3) is 11.8 Å². The number of carbonyl (C=O) groups excluding carboxylic acids is 2. The molecule has 0 radical (unpaired) electrons. The van der Waals surface area contributed by atoms with Gasteiger partial charge in [0, 0.05) is 13.6 Å². The number of benzene rings is 2. The van der Waals surface area contributed by atoms with Crippen molar-refractivity contribution in [1.29, 1.82) is 0 Å². The molecule has 0 unspecified atom stereocenters. The van der Waals surface area contributed by atoms with Gasteiger partial charge in [-0.3, -0.25) is 9.59 Å². The highest BCUT2D eigenvalue weighted by Crippen LogP contribution is 2.21. The smallest absolute Gasteiger partial charge is 0.259 e. The molecule has 0 aliphatic carbocycles. The van der Waals surface area contributed by atoms with Gasteiger partial charge in [0.15, 0.2) is 0 Å². The minimum Gasteiger partial charge on any atom is -0.489 e. The van der Waals surface area contributed by atoms with Crippen LogP contribution in [0.3, 0.4) is 0 Å². The molecule has 27 heavy (non-hydrogen) atoms. The van der Waals surface area contributed by atoms with Crippen LogP contribution in [0, 0.1) is 3.57 Å². The van der Waals surface area contributed by atoms with Crippen LogP contribution in [0.15, 0.2) is 64.7 Å². The Labute approximate surface area is 179 Å². The Morgan fingerprint density at radius 1 is 1.26 bits per heavy atom. The van der Waals surface area contributed by atoms with E-state index in [-0.39, 0.29) is 12.5 Å². The van der Waals surface area contributed by atoms with Crippen LogP contribution in [0.5, 0.6) is 5.75 Å². The van der Waals surface area contributed by atoms with Crippen molar-refractivity contribution in [2.75, 3.05) is 13.2 Å². The van der Waals surface area contributed by atoms with Crippen LogP contribution in [-0.4, -0.2) is 31.2 Å². The quantitative estimate of drug-likeness (QED) is 0.232. The maximum Gasteiger partial charge on any atom is 0.259 e. The third-order valence-corrected chi connectivity index (χ3v) is 4.68. The van der Waals surface area contributed by atoms with Crippen molar-refractivity contribution in [3.63, 3.8) is 0 Å². The molecule has 2 N–H and O–H groups in total. The first-order chi connectivity index (χ1) is 13.0. The van der Waals surface area contributed by atoms with Crippen molar-refractivity contribution in [3.05, 3.63) is 74.3 Å². The van der Waals surface area contributed by atoms with Crippen molar-refractivity contribution < 1.29 is 14.3 Å². The highest BCUT2D eigenvalue weighted by Gasteiger charge is 2.10. The number of hydrogen-bond acceptors (Lipinski definition) is 4. The van der Waals surface area contributed by atoms with Crippen LogP contribution in [-0.2, 0) is 4.79 Å². The summed E-state index contributed by atoms with van der Waals surface area (Å²) in [4.78, 5) is 24.0. The van der Waals surface area contributed by atoms with Gasteiger partial charge in [-0.1, -0.05) is 40.7 Å². The molecular formula is C19H17BrIN3O3. The van der Waals surface area contributed by atoms with Crippen LogP contribution in [0.4, 0.5) is 0 Å². The van der Waals surface area contributed by atoms with Crippen LogP contribution in [0.2, 0.25) is 0 Å². The lowest BCUT2D eigenvalue weighted by Crippen LogP contribution is -2.35. The van der Waals surface area contributed by atoms with Crippen molar-refractivity contribution in [3.8, 4) is 5.75 Å². The summed E-state index contributed by atoms with van der Waals surface area (Å²) in [6.07, 6.45) is 3.12. The maximum absolute atomic E-state index is 12.1. The molecule has 6 nitrogen and oxygen atoms in total. The molecule has 0 aliphatic rings. The highest BCUT2D eigenvalue weighted by atomic mass is 127. The molecule has 0 bridgehead atoms. The van der Waals surface area contributed by atoms with Gasteiger partial charge >= 0.3 is 0 Å². The first-order valence-electron chi connectivity index (χ1n) is 7.89. The molecule has 8 heteroatoms. The average molecular weight is 542 g/mol. The number of ether oxygens (including phenoxy) is 1. The molecular weight excluding hydrogens is 525 g/mol. The van der Waals surface area contributed by atoms with E-state index in [2.05, 4.69) is 60.9 Å². The first-order valence-corrected chi connectivity index (χ1v) is 9.76. The van der Waals surface area contributed by atoms with Gasteiger partial charge in [0.1, 0.15) is 12.4 Å². The molecule has 0 atom stereocenters. The Kier molecular flexibility index (Phi) is 8.46. The van der Waals surface area contributed by atoms with E-state index in [0.29, 0.717) is 23.5 Å². The summed E-state index contributed by atoms with van der Waals surface area (Å²) in [5.74, 6) is -0.136. The zero-order valence-corrected chi connectivity index (χ0v) is 18.0. The average Bonchev–Trinajstić information content (AvgIpc) is 2.66. The summed E-state index contributed by atoms with van der Waals surface area (Å²) in [5.41, 5.74) is 3.59. The zero-order valence-electron chi connectivity index (χ0n) is 14.2. The number of halogens is 2. The Bertz CT molecular complexity index is 871. The van der Waals surface area contributed by atoms with E-state index in [4.69, 9.17) is 4.74 Å². The Morgan fingerprint density at radius 3 is 2.78 bits per heavy atom. The van der Waals surface area contributed by atoms with E-state index in [9.17, 15) is 9.59 Å². The topological polar surface area (TPSA) is 79.8 Å². The van der Waals surface area contributed by atoms with E-state index in [0.717, 1.165) is 8.04 Å². The van der Waals surface area contributed by atoms with E-state index >= 15 is 0 Å². The lowest BCUT2D eigenvalue weighted by atomic mass is 10.2. The van der Waals surface area contributed by atoms with Crippen molar-refractivity contribution in [1.82, 2.24) is 10.7 Å². The minimum absolute atomic E-state index is 0.181. The van der Waals surface area contributed by atoms with E-state index < -0.39 is 5.91 Å². The second-order valence-electron chi connectivity index (χ2n) is 5.24. The van der Waals surface area contributed by atoms with Gasteiger partial charge < -0.3 is 10.1 Å². The zero-order chi connectivity index (χ0) is 19.6. The lowest BCUT2D eigenvalue weighted by Gasteiger charge is -2.08. The number of nitrogens with zero attached hydrogens (tertiary/aromatic N) is 1. The summed E-state index contributed by atoms with van der Waals surface area (Å²) >= 11 is 5.45. The fourth-order valence-electron chi connectivity index (χ4n) is 2.01. The number of rotatable bonds is 8. The molecule has 0 saturated heterocycles. The largest absolute Gasteiger partial charge is 0.489 e. The summed E-state index contributed by atoms with van der Waals surface area (Å²) < 4.78 is 7.20. The normalized spacial score (nSPS) is 10.4. The molecule has 0 aliphatic heterocycles. The predicted octanol–water partition coefficient (Wildman–Crippen LogP) is 3.50. The number of hydrogen-bond donors (Lipinski definition) is 2. The van der Waals surface area contributed by atoms with Gasteiger partial charge in [0.05, 0.1) is 18.3 Å². The standard InChI is InChI=1S/C19H17BrIN3O3/c1-2-9-27-17-8-7-14(20)10-13(17)11-23-24-18(25)12-22-19(26)15-5-3-4-6-16(15)21/h2-8,10-11H,1,9,12H2,(H,22,26)(H,24,25). The summed E-state index contributed by atoms with van der Waals surface area (Å²) in [7, 11) is 0. The second kappa shape index (κ2) is 10.8. The van der Waals surface area contributed by atoms with Gasteiger partial charge in [-0.25, -0.2) is 5.43 Å². The van der Waals surface area contributed by atoms with Crippen molar-refractivity contribution >= 4 is 56.5 Å². The van der Waals surface area contributed by atoms with Crippen LogP contribution < -0.4 is 15.5 Å². The Morgan fingerprint density at radius 2 is 2.04 bits per heavy atom. The predicted molar refractivity (Wildman–Crippen MR) is 117 cm³/mol. The van der Waals surface area contributed by atoms with E-state index in [1.54, 1.807) is 24.3 Å². The van der Waals surface area contributed by atoms with E-state index in [1.165, 1.54) is 6.21 Å². The van der Waals surface area contributed by atoms with Gasteiger partial charge in [-0.2, -0.15) is 5.10 Å². The van der Waals surface area contributed by atoms with Crippen LogP contribution >= 0.6 is 38.5 Å². The Hall–Kier alpha value is -2.20. The maximum atomic E-state index is 12.1. The van der Waals surface area contributed by atoms with Crippen molar-refractivity contribution in [2.24, 2.45) is 5.10 Å². The van der Waals surface area contributed by atoms with Gasteiger partial charge in [-0.15, -0.1) is 0 Å². The third kappa shape index (κ3) is 6.79. The lowest BCUT2D eigenvalue weighted by molar-refractivity contribution is -0.120. The molecule has 0 fully saturated rings. The molecule has 2 aromatic rings. The molecule has 0 spiro atoms. The molecule has 2 rings (SSSR count). The molecule has 140 valence electrons. The number of nitrogens with one attached hydrogen (secondary N) is 2. The number of hydrazone groups is 1. The highest BCUT2D eigenvalue weighted by molar-refractivity contribution is 14.1. The first kappa shape index (κ1) is 21.1. The number of carbonyl (C=O) groups is 2. The van der Waals surface area contributed by atoms with Crippen LogP contribution in [0.25, 0.3) is 0 Å². The van der Waals surface area contributed by atoms with Gasteiger partial charge in [0.2, 0.25) is 0 Å². The number of amides is 2. The monoisotopic (exact) mass is 541 g/mol. The van der Waals surface area contributed by atoms with E-state index in [1.807, 2.05) is 24.3 Å². The SMILES string of the molecule is C=CCOc1ccc(Br)cc1C=NNC(=O)CNC(=O)c1ccccc1I. The third-order valence-electron chi connectivity index (χ3n) is 3.25. The fraction of sp³-hybridized carbons (Fsp3) is 0.105. The minimum atomic E-state index is -0.436. The van der Waals surface area contributed by atoms with Gasteiger partial charge in [-0.05, 0) is 52.9 Å². The molecule has 0 saturated carbocycles. The molecule has 0 aromatic heterocycles. The summed E-state index contributed by atoms with van der Waals surface area (Å²) in [5, 5.41) is 6.48. The van der Waals surface area contributed by atoms with Crippen molar-refractivity contribution in [2.45, 2.75) is 0 Å². The molecule has 2 aromatic carbocycles. The summed E-state index contributed by atoms with van der Waals surface area (Å²) in [6, 6.07) is 12.6. The Balaban J connectivity index is 1.90. The molecule has 2 amide bonds. The second-order valence-corrected chi connectivity index (χ2v) is 7.32.